The molecule has 2 nitrogen and oxygen atoms in total. The SMILES string of the molecule is CCCCC(=O)OCC(C)SCCCCC(C)(F)F. The van der Waals surface area contributed by atoms with Crippen LogP contribution in [-0.2, 0) is 9.53 Å². The first kappa shape index (κ1) is 18.7. The van der Waals surface area contributed by atoms with E-state index in [0.717, 1.165) is 31.9 Å². The number of carbonyl (C=O) groups excluding carboxylic acids is 1. The Bertz CT molecular complexity index is 242. The Kier molecular flexibility index (Phi) is 10.3. The van der Waals surface area contributed by atoms with Crippen molar-refractivity contribution in [3.05, 3.63) is 0 Å². The predicted molar refractivity (Wildman–Crippen MR) is 76.9 cm³/mol. The van der Waals surface area contributed by atoms with Crippen molar-refractivity contribution in [3.63, 3.8) is 0 Å². The van der Waals surface area contributed by atoms with Crippen LogP contribution in [0.5, 0.6) is 0 Å². The monoisotopic (exact) mass is 296 g/mol. The van der Waals surface area contributed by atoms with E-state index in [1.165, 1.54) is 0 Å². The molecular weight excluding hydrogens is 270 g/mol. The number of hydrogen-bond donors (Lipinski definition) is 0. The minimum Gasteiger partial charge on any atom is -0.465 e. The normalized spacial score (nSPS) is 13.3. The second kappa shape index (κ2) is 10.5. The van der Waals surface area contributed by atoms with Crippen LogP contribution in [0.2, 0.25) is 0 Å². The molecule has 0 aliphatic carbocycles. The summed E-state index contributed by atoms with van der Waals surface area (Å²) < 4.78 is 30.2. The highest BCUT2D eigenvalue weighted by atomic mass is 32.2. The number of thioether (sulfide) groups is 1. The van der Waals surface area contributed by atoms with Crippen LogP contribution >= 0.6 is 11.8 Å². The number of esters is 1. The minimum atomic E-state index is -2.55. The maximum Gasteiger partial charge on any atom is 0.305 e. The summed E-state index contributed by atoms with van der Waals surface area (Å²) in [5, 5.41) is 0.229. The van der Waals surface area contributed by atoms with Gasteiger partial charge in [-0.25, -0.2) is 8.78 Å². The van der Waals surface area contributed by atoms with Gasteiger partial charge < -0.3 is 4.74 Å². The number of unbranched alkanes of at least 4 members (excludes halogenated alkanes) is 2. The second-order valence-corrected chi connectivity index (χ2v) is 6.54. The van der Waals surface area contributed by atoms with Gasteiger partial charge in [-0.1, -0.05) is 13.3 Å². The maximum atomic E-state index is 12.6. The molecule has 0 aromatic carbocycles. The van der Waals surface area contributed by atoms with E-state index in [2.05, 4.69) is 0 Å². The third-order valence-electron chi connectivity index (χ3n) is 2.63. The van der Waals surface area contributed by atoms with E-state index in [1.807, 2.05) is 13.8 Å². The Morgan fingerprint density at radius 2 is 2.00 bits per heavy atom. The summed E-state index contributed by atoms with van der Waals surface area (Å²) >= 11 is 1.67. The Morgan fingerprint density at radius 3 is 2.58 bits per heavy atom. The molecule has 0 aliphatic rings. The minimum absolute atomic E-state index is 0.0477. The van der Waals surface area contributed by atoms with E-state index < -0.39 is 5.92 Å². The van der Waals surface area contributed by atoms with E-state index in [1.54, 1.807) is 11.8 Å². The van der Waals surface area contributed by atoms with Crippen LogP contribution in [0.15, 0.2) is 0 Å². The third kappa shape index (κ3) is 13.9. The summed E-state index contributed by atoms with van der Waals surface area (Å²) in [5.74, 6) is -1.85. The quantitative estimate of drug-likeness (QED) is 0.409. The zero-order valence-electron chi connectivity index (χ0n) is 12.2. The molecule has 0 aromatic rings. The zero-order valence-corrected chi connectivity index (χ0v) is 13.0. The van der Waals surface area contributed by atoms with E-state index in [4.69, 9.17) is 4.74 Å². The van der Waals surface area contributed by atoms with Crippen LogP contribution in [0.25, 0.3) is 0 Å². The number of rotatable bonds is 11. The number of ether oxygens (including phenoxy) is 1. The highest BCUT2D eigenvalue weighted by Gasteiger charge is 2.19. The van der Waals surface area contributed by atoms with Crippen molar-refractivity contribution >= 4 is 17.7 Å². The van der Waals surface area contributed by atoms with Crippen LogP contribution in [0.4, 0.5) is 8.78 Å². The highest BCUT2D eigenvalue weighted by molar-refractivity contribution is 7.99. The molecule has 0 aromatic heterocycles. The fourth-order valence-corrected chi connectivity index (χ4v) is 2.41. The van der Waals surface area contributed by atoms with Crippen molar-refractivity contribution in [2.75, 3.05) is 12.4 Å². The molecule has 0 fully saturated rings. The molecule has 0 saturated heterocycles. The van der Waals surface area contributed by atoms with Gasteiger partial charge in [-0.15, -0.1) is 0 Å². The van der Waals surface area contributed by atoms with Gasteiger partial charge in [-0.05, 0) is 38.9 Å². The number of halogens is 2. The van der Waals surface area contributed by atoms with Crippen molar-refractivity contribution in [1.29, 1.82) is 0 Å². The smallest absolute Gasteiger partial charge is 0.305 e. The lowest BCUT2D eigenvalue weighted by Crippen LogP contribution is -2.14. The van der Waals surface area contributed by atoms with Crippen molar-refractivity contribution in [2.45, 2.75) is 70.5 Å². The van der Waals surface area contributed by atoms with Crippen molar-refractivity contribution in [3.8, 4) is 0 Å². The first-order valence-electron chi connectivity index (χ1n) is 7.00. The van der Waals surface area contributed by atoms with Gasteiger partial charge in [0, 0.05) is 18.1 Å². The molecule has 114 valence electrons. The zero-order chi connectivity index (χ0) is 14.7. The molecule has 0 amide bonds. The summed E-state index contributed by atoms with van der Waals surface area (Å²) in [6.07, 6.45) is 3.61. The van der Waals surface area contributed by atoms with Crippen molar-refractivity contribution < 1.29 is 18.3 Å². The first-order chi connectivity index (χ1) is 8.85. The van der Waals surface area contributed by atoms with Gasteiger partial charge >= 0.3 is 5.97 Å². The highest BCUT2D eigenvalue weighted by Crippen LogP contribution is 2.21. The molecule has 0 N–H and O–H groups in total. The van der Waals surface area contributed by atoms with Gasteiger partial charge in [-0.2, -0.15) is 11.8 Å². The van der Waals surface area contributed by atoms with E-state index in [-0.39, 0.29) is 17.6 Å². The molecule has 0 bridgehead atoms. The summed E-state index contributed by atoms with van der Waals surface area (Å²) in [6.45, 7) is 5.40. The van der Waals surface area contributed by atoms with Crippen LogP contribution in [0.1, 0.15) is 59.3 Å². The largest absolute Gasteiger partial charge is 0.465 e. The van der Waals surface area contributed by atoms with Gasteiger partial charge in [0.15, 0.2) is 0 Å². The topological polar surface area (TPSA) is 26.3 Å². The van der Waals surface area contributed by atoms with Crippen molar-refractivity contribution in [2.24, 2.45) is 0 Å². The first-order valence-corrected chi connectivity index (χ1v) is 8.05. The Balaban J connectivity index is 3.44. The molecule has 0 spiro atoms. The van der Waals surface area contributed by atoms with Gasteiger partial charge in [0.1, 0.15) is 6.61 Å². The molecule has 0 radical (unpaired) electrons. The summed E-state index contributed by atoms with van der Waals surface area (Å²) in [7, 11) is 0. The Morgan fingerprint density at radius 1 is 1.32 bits per heavy atom. The Hall–Kier alpha value is -0.320. The maximum absolute atomic E-state index is 12.6. The lowest BCUT2D eigenvalue weighted by atomic mass is 10.2. The fourth-order valence-electron chi connectivity index (χ4n) is 1.47. The standard InChI is InChI=1S/C14H26F2O2S/c1-4-5-8-13(17)18-11-12(2)19-10-7-6-9-14(3,15)16/h12H,4-11H2,1-3H3. The van der Waals surface area contributed by atoms with Gasteiger partial charge in [0.25, 0.3) is 0 Å². The van der Waals surface area contributed by atoms with Crippen molar-refractivity contribution in [1.82, 2.24) is 0 Å². The van der Waals surface area contributed by atoms with Gasteiger partial charge in [0.2, 0.25) is 5.92 Å². The summed E-state index contributed by atoms with van der Waals surface area (Å²) in [6, 6.07) is 0. The van der Waals surface area contributed by atoms with Gasteiger partial charge in [0.05, 0.1) is 0 Å². The number of carbonyl (C=O) groups is 1. The summed E-state index contributed by atoms with van der Waals surface area (Å²) in [4.78, 5) is 11.3. The summed E-state index contributed by atoms with van der Waals surface area (Å²) in [5.41, 5.74) is 0. The fraction of sp³-hybridized carbons (Fsp3) is 0.929. The molecule has 19 heavy (non-hydrogen) atoms. The molecule has 5 heteroatoms. The lowest BCUT2D eigenvalue weighted by molar-refractivity contribution is -0.143. The van der Waals surface area contributed by atoms with Crippen LogP contribution in [0.3, 0.4) is 0 Å². The van der Waals surface area contributed by atoms with Crippen LogP contribution in [-0.4, -0.2) is 29.5 Å². The molecule has 0 aliphatic heterocycles. The molecule has 1 atom stereocenters. The van der Waals surface area contributed by atoms with Crippen LogP contribution in [0, 0.1) is 0 Å². The van der Waals surface area contributed by atoms with E-state index in [0.29, 0.717) is 19.4 Å². The van der Waals surface area contributed by atoms with Gasteiger partial charge in [-0.3, -0.25) is 4.79 Å². The third-order valence-corrected chi connectivity index (χ3v) is 3.86. The number of alkyl halides is 2. The Labute approximate surface area is 119 Å². The molecule has 0 saturated carbocycles. The van der Waals surface area contributed by atoms with E-state index in [9.17, 15) is 13.6 Å². The average molecular weight is 296 g/mol. The average Bonchev–Trinajstić information content (AvgIpc) is 2.32. The predicted octanol–water partition coefficient (Wildman–Crippen LogP) is 4.67. The lowest BCUT2D eigenvalue weighted by Gasteiger charge is -2.13. The second-order valence-electron chi connectivity index (χ2n) is 5.00. The molecular formula is C14H26F2O2S. The molecule has 1 unspecified atom stereocenters. The van der Waals surface area contributed by atoms with Crippen LogP contribution < -0.4 is 0 Å². The molecule has 0 heterocycles. The van der Waals surface area contributed by atoms with E-state index >= 15 is 0 Å². The molecule has 0 rings (SSSR count). The number of hydrogen-bond acceptors (Lipinski definition) is 3.